The molecule has 0 saturated heterocycles. The van der Waals surface area contributed by atoms with Crippen LogP contribution in [0.5, 0.6) is 0 Å². The van der Waals surface area contributed by atoms with Crippen LogP contribution in [0.25, 0.3) is 0 Å². The van der Waals surface area contributed by atoms with Gasteiger partial charge in [-0.15, -0.1) is 0 Å². The van der Waals surface area contributed by atoms with Crippen LogP contribution in [-0.2, 0) is 28.4 Å². The lowest BCUT2D eigenvalue weighted by molar-refractivity contribution is -0.385. The van der Waals surface area contributed by atoms with Crippen molar-refractivity contribution in [2.45, 2.75) is 0 Å². The van der Waals surface area contributed by atoms with Gasteiger partial charge < -0.3 is 44.0 Å². The van der Waals surface area contributed by atoms with Gasteiger partial charge in [-0.05, 0) is 24.3 Å². The number of methoxy groups -OCH3 is 6. The molecule has 0 unspecified atom stereocenters. The molecule has 0 aliphatic rings. The molecular formula is C34H38ClN5O16. The molecule has 0 aliphatic heterocycles. The van der Waals surface area contributed by atoms with Crippen LogP contribution < -0.4 is 15.5 Å². The van der Waals surface area contributed by atoms with Gasteiger partial charge in [-0.3, -0.25) is 20.2 Å². The molecule has 302 valence electrons. The molecule has 0 aliphatic carbocycles. The average molecular weight is 808 g/mol. The molecule has 0 radical (unpaired) electrons. The third-order valence-corrected chi connectivity index (χ3v) is 7.47. The van der Waals surface area contributed by atoms with E-state index in [0.717, 1.165) is 39.5 Å². The lowest BCUT2D eigenvalue weighted by Gasteiger charge is -2.18. The number of carbonyl (C=O) groups excluding carboxylic acids is 6. The number of nitro benzene ring substituents is 2. The Labute approximate surface area is 324 Å². The van der Waals surface area contributed by atoms with Gasteiger partial charge in [-0.2, -0.15) is 0 Å². The number of nitrogens with two attached hydrogens (primary N) is 1. The number of hydrogen-bond donors (Lipinski definition) is 1. The van der Waals surface area contributed by atoms with Gasteiger partial charge in [0.1, 0.15) is 11.1 Å². The fourth-order valence-corrected chi connectivity index (χ4v) is 4.67. The Hall–Kier alpha value is -7.03. The molecule has 0 saturated carbocycles. The average Bonchev–Trinajstić information content (AvgIpc) is 3.18. The summed E-state index contributed by atoms with van der Waals surface area (Å²) in [4.78, 5) is 92.6. The third kappa shape index (κ3) is 11.5. The molecule has 2 N–H and O–H groups in total. The summed E-state index contributed by atoms with van der Waals surface area (Å²) >= 11 is 5.75. The number of anilines is 3. The Morgan fingerprint density at radius 3 is 1.14 bits per heavy atom. The van der Waals surface area contributed by atoms with Gasteiger partial charge in [-0.25, -0.2) is 28.8 Å². The Balaban J connectivity index is 0.000000421. The van der Waals surface area contributed by atoms with Gasteiger partial charge in [0, 0.05) is 46.0 Å². The first-order chi connectivity index (χ1) is 26.2. The second-order valence-electron chi connectivity index (χ2n) is 10.9. The zero-order valence-corrected chi connectivity index (χ0v) is 32.5. The quantitative estimate of drug-likeness (QED) is 0.0997. The molecule has 56 heavy (non-hydrogen) atoms. The van der Waals surface area contributed by atoms with Crippen molar-refractivity contribution in [3.05, 3.63) is 95.0 Å². The summed E-state index contributed by atoms with van der Waals surface area (Å²) in [7, 11) is 13.8. The Morgan fingerprint density at radius 1 is 0.500 bits per heavy atom. The summed E-state index contributed by atoms with van der Waals surface area (Å²) < 4.78 is 27.2. The van der Waals surface area contributed by atoms with E-state index in [2.05, 4.69) is 28.4 Å². The van der Waals surface area contributed by atoms with Crippen molar-refractivity contribution in [1.29, 1.82) is 0 Å². The number of hydrogen-bond acceptors (Lipinski definition) is 19. The molecule has 0 aromatic heterocycles. The minimum atomic E-state index is -0.917. The molecular weight excluding hydrogens is 770 g/mol. The second kappa shape index (κ2) is 21.0. The predicted octanol–water partition coefficient (Wildman–Crippen LogP) is 3.96. The standard InChI is InChI=1S/C12H14N2O6.C12H16N2O4.C10H8ClNO6/c1-13(2)9-5-8(12(16)20-4)10(14(17)18)6-7(9)11(15)19-3;1-14(2)10-6-7(11(15)17-3)9(13)5-8(10)12(16)18-4;1-17-9(13)5-4-8(12(15)16)6(3-7(5)11)10(14)18-2/h5-6H,1-4H3;5-6H,13H2,1-4H3;3-4H,1-2H3. The lowest BCUT2D eigenvalue weighted by Crippen LogP contribution is -2.17. The van der Waals surface area contributed by atoms with Gasteiger partial charge in [-0.1, -0.05) is 11.6 Å². The molecule has 3 rings (SSSR count). The maximum Gasteiger partial charge on any atom is 0.344 e. The van der Waals surface area contributed by atoms with Crippen LogP contribution >= 0.6 is 11.6 Å². The van der Waals surface area contributed by atoms with Crippen molar-refractivity contribution in [2.24, 2.45) is 0 Å². The highest BCUT2D eigenvalue weighted by molar-refractivity contribution is 6.34. The van der Waals surface area contributed by atoms with Crippen LogP contribution in [-0.4, -0.2) is 117 Å². The smallest absolute Gasteiger partial charge is 0.344 e. The van der Waals surface area contributed by atoms with E-state index in [4.69, 9.17) is 17.3 Å². The zero-order chi connectivity index (χ0) is 43.2. The monoisotopic (exact) mass is 807 g/mol. The van der Waals surface area contributed by atoms with Gasteiger partial charge in [0.25, 0.3) is 11.4 Å². The summed E-state index contributed by atoms with van der Waals surface area (Å²) in [6.07, 6.45) is 0. The van der Waals surface area contributed by atoms with Crippen molar-refractivity contribution in [2.75, 3.05) is 86.4 Å². The first-order valence-electron chi connectivity index (χ1n) is 15.3. The van der Waals surface area contributed by atoms with Crippen molar-refractivity contribution in [1.82, 2.24) is 0 Å². The number of esters is 6. The number of nitrogen functional groups attached to an aromatic ring is 1. The van der Waals surface area contributed by atoms with Crippen LogP contribution in [0.1, 0.15) is 62.1 Å². The molecule has 0 spiro atoms. The fraction of sp³-hybridized carbons (Fsp3) is 0.294. The molecule has 21 nitrogen and oxygen atoms in total. The lowest BCUT2D eigenvalue weighted by atomic mass is 10.1. The Bertz CT molecular complexity index is 2030. The van der Waals surface area contributed by atoms with Gasteiger partial charge in [0.2, 0.25) is 0 Å². The third-order valence-electron chi connectivity index (χ3n) is 7.16. The van der Waals surface area contributed by atoms with E-state index in [9.17, 15) is 49.0 Å². The fourth-order valence-electron chi connectivity index (χ4n) is 4.43. The van der Waals surface area contributed by atoms with E-state index < -0.39 is 57.0 Å². The van der Waals surface area contributed by atoms with Crippen molar-refractivity contribution in [3.63, 3.8) is 0 Å². The van der Waals surface area contributed by atoms with E-state index in [1.54, 1.807) is 38.0 Å². The zero-order valence-electron chi connectivity index (χ0n) is 31.7. The molecule has 3 aromatic carbocycles. The summed E-state index contributed by atoms with van der Waals surface area (Å²) in [5.41, 5.74) is 5.43. The Kier molecular flexibility index (Phi) is 17.6. The SMILES string of the molecule is COC(=O)c1cc(N(C)C)c(C(=O)OC)cc1N.COC(=O)c1cc([N+](=O)[O-])c(C(=O)OC)cc1Cl.COC(=O)c1cc([N+](=O)[O-])c(C(=O)OC)cc1N(C)C. The van der Waals surface area contributed by atoms with E-state index in [1.807, 2.05) is 0 Å². The summed E-state index contributed by atoms with van der Waals surface area (Å²) in [5.74, 6) is -4.39. The summed E-state index contributed by atoms with van der Waals surface area (Å²) in [6.45, 7) is 0. The minimum absolute atomic E-state index is 0.00291. The molecule has 0 amide bonds. The number of carbonyl (C=O) groups is 6. The highest BCUT2D eigenvalue weighted by Gasteiger charge is 2.28. The number of rotatable bonds is 10. The highest BCUT2D eigenvalue weighted by atomic mass is 35.5. The number of ether oxygens (including phenoxy) is 6. The number of halogens is 1. The van der Waals surface area contributed by atoms with Crippen molar-refractivity contribution in [3.8, 4) is 0 Å². The number of nitro groups is 2. The van der Waals surface area contributed by atoms with E-state index in [0.29, 0.717) is 16.9 Å². The van der Waals surface area contributed by atoms with E-state index >= 15 is 0 Å². The van der Waals surface area contributed by atoms with Gasteiger partial charge in [0.05, 0.1) is 91.2 Å². The van der Waals surface area contributed by atoms with Crippen LogP contribution in [0.3, 0.4) is 0 Å². The topological polar surface area (TPSA) is 277 Å². The van der Waals surface area contributed by atoms with E-state index in [-0.39, 0.29) is 38.5 Å². The predicted molar refractivity (Wildman–Crippen MR) is 199 cm³/mol. The van der Waals surface area contributed by atoms with Crippen LogP contribution in [0.4, 0.5) is 28.4 Å². The summed E-state index contributed by atoms with van der Waals surface area (Å²) in [6, 6.07) is 7.03. The first kappa shape index (κ1) is 47.0. The number of nitrogens with zero attached hydrogens (tertiary/aromatic N) is 4. The molecule has 0 atom stereocenters. The summed E-state index contributed by atoms with van der Waals surface area (Å²) in [5, 5.41) is 21.7. The largest absolute Gasteiger partial charge is 0.465 e. The maximum atomic E-state index is 11.7. The molecule has 3 aromatic rings. The van der Waals surface area contributed by atoms with Crippen LogP contribution in [0.15, 0.2) is 36.4 Å². The molecule has 0 heterocycles. The van der Waals surface area contributed by atoms with Crippen LogP contribution in [0.2, 0.25) is 5.02 Å². The molecule has 0 bridgehead atoms. The van der Waals surface area contributed by atoms with Crippen LogP contribution in [0, 0.1) is 20.2 Å². The van der Waals surface area contributed by atoms with E-state index in [1.165, 1.54) is 39.5 Å². The minimum Gasteiger partial charge on any atom is -0.465 e. The normalized spacial score (nSPS) is 9.77. The van der Waals surface area contributed by atoms with Crippen molar-refractivity contribution < 1.29 is 67.0 Å². The van der Waals surface area contributed by atoms with Gasteiger partial charge >= 0.3 is 35.8 Å². The maximum absolute atomic E-state index is 11.7. The molecule has 22 heteroatoms. The second-order valence-corrected chi connectivity index (χ2v) is 11.4. The van der Waals surface area contributed by atoms with Crippen molar-refractivity contribution >= 4 is 75.9 Å². The van der Waals surface area contributed by atoms with Gasteiger partial charge in [0.15, 0.2) is 0 Å². The Morgan fingerprint density at radius 2 is 0.786 bits per heavy atom. The highest BCUT2D eigenvalue weighted by Crippen LogP contribution is 2.31. The first-order valence-corrected chi connectivity index (χ1v) is 15.6. The number of benzene rings is 3. The molecule has 0 fully saturated rings.